The van der Waals surface area contributed by atoms with Crippen LogP contribution in [0.5, 0.6) is 0 Å². The van der Waals surface area contributed by atoms with Crippen molar-refractivity contribution >= 4 is 34.3 Å². The highest BCUT2D eigenvalue weighted by Gasteiger charge is 2.37. The highest BCUT2D eigenvalue weighted by molar-refractivity contribution is 5.85. The maximum absolute atomic E-state index is 13.0. The van der Waals surface area contributed by atoms with E-state index < -0.39 is 11.2 Å². The van der Waals surface area contributed by atoms with E-state index in [4.69, 9.17) is 19.4 Å². The van der Waals surface area contributed by atoms with Crippen LogP contribution < -0.4 is 0 Å². The van der Waals surface area contributed by atoms with Crippen molar-refractivity contribution in [2.75, 3.05) is 13.1 Å². The van der Waals surface area contributed by atoms with Crippen molar-refractivity contribution in [3.05, 3.63) is 72.3 Å². The third kappa shape index (κ3) is 6.60. The lowest BCUT2D eigenvalue weighted by Crippen LogP contribution is -2.37. The molecule has 5 aromatic rings. The number of imidazole rings is 2. The summed E-state index contributed by atoms with van der Waals surface area (Å²) in [6.45, 7) is 12.7. The lowest BCUT2D eigenvalue weighted by Gasteiger charge is -2.28. The third-order valence-corrected chi connectivity index (χ3v) is 9.34. The molecule has 2 amide bonds. The van der Waals surface area contributed by atoms with Gasteiger partial charge in [-0.25, -0.2) is 19.6 Å². The van der Waals surface area contributed by atoms with Crippen LogP contribution in [-0.2, 0) is 16.5 Å². The first-order chi connectivity index (χ1) is 23.2. The third-order valence-electron chi connectivity index (χ3n) is 9.34. The SMILES string of the molecule is Cn1c(C2CCCN2C(=O)OC(C)(C)C)nc2ccc(-c3ccc(-c4ccc5[nH]c(C6CCCN6C(=O)OC(C)(C)C)nc5c4)cc3)cc21. The molecule has 256 valence electrons. The summed E-state index contributed by atoms with van der Waals surface area (Å²) in [6.07, 6.45) is 2.98. The van der Waals surface area contributed by atoms with Crippen molar-refractivity contribution in [2.45, 2.75) is 90.5 Å². The Kier molecular flexibility index (Phi) is 8.16. The normalized spacial score (nSPS) is 18.5. The van der Waals surface area contributed by atoms with Crippen molar-refractivity contribution in [1.29, 1.82) is 0 Å². The lowest BCUT2D eigenvalue weighted by molar-refractivity contribution is 0.0207. The standard InChI is InChI=1S/C39H46N6O4/c1-38(2,3)48-36(46)44-20-8-10-31(44)34-40-28-18-16-26(22-30(28)41-34)24-12-14-25(15-13-24)27-17-19-29-33(23-27)43(7)35(42-29)32-11-9-21-45(32)37(47)49-39(4,5)6/h12-19,22-23,31-32H,8-11,20-21H2,1-7H3,(H,40,41). The number of nitrogens with zero attached hydrogens (tertiary/aromatic N) is 5. The largest absolute Gasteiger partial charge is 0.444 e. The Morgan fingerprint density at radius 1 is 0.694 bits per heavy atom. The summed E-state index contributed by atoms with van der Waals surface area (Å²) < 4.78 is 13.5. The molecule has 4 heterocycles. The second-order valence-corrected chi connectivity index (χ2v) is 15.3. The summed E-state index contributed by atoms with van der Waals surface area (Å²) in [7, 11) is 2.03. The van der Waals surface area contributed by atoms with Gasteiger partial charge in [-0.2, -0.15) is 0 Å². The number of amides is 2. The minimum Gasteiger partial charge on any atom is -0.444 e. The van der Waals surface area contributed by atoms with Gasteiger partial charge in [-0.3, -0.25) is 9.80 Å². The van der Waals surface area contributed by atoms with Crippen LogP contribution in [0.15, 0.2) is 60.7 Å². The number of likely N-dealkylation sites (tertiary alicyclic amines) is 2. The molecule has 0 bridgehead atoms. The van der Waals surface area contributed by atoms with Gasteiger partial charge in [-0.15, -0.1) is 0 Å². The number of aryl methyl sites for hydroxylation is 1. The minimum absolute atomic E-state index is 0.111. The molecular formula is C39H46N6O4. The number of benzene rings is 3. The van der Waals surface area contributed by atoms with Crippen LogP contribution in [0.2, 0.25) is 0 Å². The maximum atomic E-state index is 13.0. The number of carbonyl (C=O) groups excluding carboxylic acids is 2. The summed E-state index contributed by atoms with van der Waals surface area (Å²) in [4.78, 5) is 42.8. The molecule has 3 aromatic carbocycles. The Labute approximate surface area is 287 Å². The van der Waals surface area contributed by atoms with Gasteiger partial charge in [0.25, 0.3) is 0 Å². The van der Waals surface area contributed by atoms with E-state index in [2.05, 4.69) is 70.2 Å². The molecule has 49 heavy (non-hydrogen) atoms. The molecule has 2 aliphatic rings. The van der Waals surface area contributed by atoms with Crippen molar-refractivity contribution in [2.24, 2.45) is 7.05 Å². The number of H-pyrrole nitrogens is 1. The molecule has 2 saturated heterocycles. The predicted molar refractivity (Wildman–Crippen MR) is 191 cm³/mol. The van der Waals surface area contributed by atoms with Crippen LogP contribution in [0.25, 0.3) is 44.3 Å². The fourth-order valence-corrected chi connectivity index (χ4v) is 7.07. The zero-order valence-corrected chi connectivity index (χ0v) is 29.5. The van der Waals surface area contributed by atoms with Crippen LogP contribution in [-0.4, -0.2) is 65.8 Å². The van der Waals surface area contributed by atoms with Crippen molar-refractivity contribution in [3.8, 4) is 22.3 Å². The van der Waals surface area contributed by atoms with Gasteiger partial charge >= 0.3 is 12.2 Å². The molecule has 1 N–H and O–H groups in total. The van der Waals surface area contributed by atoms with Gasteiger partial charge in [-0.1, -0.05) is 36.4 Å². The molecule has 2 aromatic heterocycles. The number of nitrogens with one attached hydrogen (secondary N) is 1. The highest BCUT2D eigenvalue weighted by Crippen LogP contribution is 2.36. The number of hydrogen-bond acceptors (Lipinski definition) is 6. The summed E-state index contributed by atoms with van der Waals surface area (Å²) in [5.74, 6) is 1.68. The number of fused-ring (bicyclic) bond motifs is 2. The first-order valence-electron chi connectivity index (χ1n) is 17.3. The number of hydrogen-bond donors (Lipinski definition) is 1. The van der Waals surface area contributed by atoms with E-state index >= 15 is 0 Å². The van der Waals surface area contributed by atoms with E-state index in [1.165, 1.54) is 0 Å². The van der Waals surface area contributed by atoms with Gasteiger partial charge in [0.2, 0.25) is 0 Å². The number of carbonyl (C=O) groups is 2. The summed E-state index contributed by atoms with van der Waals surface area (Å²) in [5.41, 5.74) is 7.05. The Morgan fingerprint density at radius 2 is 1.22 bits per heavy atom. The van der Waals surface area contributed by atoms with Crippen molar-refractivity contribution in [1.82, 2.24) is 29.3 Å². The first kappa shape index (κ1) is 32.7. The number of aromatic nitrogens is 4. The Morgan fingerprint density at radius 3 is 1.84 bits per heavy atom. The summed E-state index contributed by atoms with van der Waals surface area (Å²) in [6, 6.07) is 20.9. The molecule has 0 saturated carbocycles. The van der Waals surface area contributed by atoms with Crippen LogP contribution >= 0.6 is 0 Å². The molecule has 2 aliphatic heterocycles. The fraction of sp³-hybridized carbons (Fsp3) is 0.436. The average molecular weight is 663 g/mol. The van der Waals surface area contributed by atoms with Gasteiger partial charge in [0.15, 0.2) is 0 Å². The number of ether oxygens (including phenoxy) is 2. The second-order valence-electron chi connectivity index (χ2n) is 15.3. The van der Waals surface area contributed by atoms with Crippen LogP contribution in [0.1, 0.15) is 91.0 Å². The zero-order valence-electron chi connectivity index (χ0n) is 29.5. The van der Waals surface area contributed by atoms with E-state index in [0.717, 1.165) is 81.7 Å². The topological polar surface area (TPSA) is 106 Å². The Hall–Kier alpha value is -4.86. The number of rotatable bonds is 4. The van der Waals surface area contributed by atoms with Crippen molar-refractivity contribution in [3.63, 3.8) is 0 Å². The average Bonchev–Trinajstić information content (AvgIpc) is 3.84. The van der Waals surface area contributed by atoms with E-state index in [-0.39, 0.29) is 24.3 Å². The van der Waals surface area contributed by atoms with Gasteiger partial charge in [0, 0.05) is 20.1 Å². The van der Waals surface area contributed by atoms with Crippen LogP contribution in [0.3, 0.4) is 0 Å². The second kappa shape index (κ2) is 12.2. The molecule has 2 fully saturated rings. The van der Waals surface area contributed by atoms with Gasteiger partial charge < -0.3 is 19.0 Å². The first-order valence-corrected chi connectivity index (χ1v) is 17.3. The van der Waals surface area contributed by atoms with E-state index in [1.807, 2.05) is 53.5 Å². The highest BCUT2D eigenvalue weighted by atomic mass is 16.6. The monoisotopic (exact) mass is 662 g/mol. The molecular weight excluding hydrogens is 616 g/mol. The Bertz CT molecular complexity index is 2030. The maximum Gasteiger partial charge on any atom is 0.410 e. The zero-order chi connectivity index (χ0) is 34.7. The molecule has 7 rings (SSSR count). The minimum atomic E-state index is -0.543. The lowest BCUT2D eigenvalue weighted by atomic mass is 10.00. The number of aromatic amines is 1. The molecule has 2 atom stereocenters. The van der Waals surface area contributed by atoms with E-state index in [0.29, 0.717) is 13.1 Å². The molecule has 0 aliphatic carbocycles. The van der Waals surface area contributed by atoms with E-state index in [9.17, 15) is 9.59 Å². The summed E-state index contributed by atoms with van der Waals surface area (Å²) in [5, 5.41) is 0. The Balaban J connectivity index is 1.10. The van der Waals surface area contributed by atoms with Crippen LogP contribution in [0, 0.1) is 0 Å². The van der Waals surface area contributed by atoms with Gasteiger partial charge in [-0.05, 0) is 114 Å². The molecule has 2 unspecified atom stereocenters. The molecule has 10 nitrogen and oxygen atoms in total. The fourth-order valence-electron chi connectivity index (χ4n) is 7.07. The summed E-state index contributed by atoms with van der Waals surface area (Å²) >= 11 is 0. The molecule has 0 spiro atoms. The quantitative estimate of drug-likeness (QED) is 0.206. The van der Waals surface area contributed by atoms with Crippen LogP contribution in [0.4, 0.5) is 9.59 Å². The van der Waals surface area contributed by atoms with Crippen molar-refractivity contribution < 1.29 is 19.1 Å². The van der Waals surface area contributed by atoms with Gasteiger partial charge in [0.05, 0.1) is 34.2 Å². The van der Waals surface area contributed by atoms with E-state index in [1.54, 1.807) is 4.90 Å². The smallest absolute Gasteiger partial charge is 0.410 e. The van der Waals surface area contributed by atoms with Gasteiger partial charge in [0.1, 0.15) is 22.9 Å². The molecule has 0 radical (unpaired) electrons. The predicted octanol–water partition coefficient (Wildman–Crippen LogP) is 8.93. The molecule has 10 heteroatoms.